The van der Waals surface area contributed by atoms with E-state index in [4.69, 9.17) is 10.5 Å². The van der Waals surface area contributed by atoms with Gasteiger partial charge in [0.25, 0.3) is 0 Å². The molecule has 0 saturated carbocycles. The van der Waals surface area contributed by atoms with E-state index >= 15 is 0 Å². The zero-order valence-corrected chi connectivity index (χ0v) is 15.0. The number of nitrogens with one attached hydrogen (secondary N) is 1. The molecule has 29 heavy (non-hydrogen) atoms. The lowest BCUT2D eigenvalue weighted by Gasteiger charge is -2.18. The molecule has 4 rings (SSSR count). The van der Waals surface area contributed by atoms with Crippen LogP contribution in [0, 0.1) is 0 Å². The Morgan fingerprint density at radius 3 is 2.66 bits per heavy atom. The topological polar surface area (TPSA) is 184 Å². The smallest absolute Gasteiger partial charge is 0.228 e. The number of hydrogen-bond donors (Lipinski definition) is 6. The van der Waals surface area contributed by atoms with Crippen LogP contribution in [0.3, 0.4) is 0 Å². The summed E-state index contributed by atoms with van der Waals surface area (Å²) in [6, 6.07) is 6.37. The maximum absolute atomic E-state index is 10.4. The molecule has 152 valence electrons. The lowest BCUT2D eigenvalue weighted by atomic mass is 10.1. The van der Waals surface area contributed by atoms with E-state index in [2.05, 4.69) is 25.5 Å². The molecule has 3 aromatic rings. The van der Waals surface area contributed by atoms with Gasteiger partial charge in [0, 0.05) is 0 Å². The van der Waals surface area contributed by atoms with Gasteiger partial charge in [-0.05, 0) is 29.8 Å². The summed E-state index contributed by atoms with van der Waals surface area (Å²) in [5.74, 6) is 0.387. The van der Waals surface area contributed by atoms with Gasteiger partial charge in [-0.2, -0.15) is 5.10 Å². The summed E-state index contributed by atoms with van der Waals surface area (Å²) >= 11 is 0. The number of hydrazone groups is 1. The molecule has 0 bridgehead atoms. The number of ether oxygens (including phenoxy) is 1. The summed E-state index contributed by atoms with van der Waals surface area (Å²) in [6.45, 7) is -0.472. The van der Waals surface area contributed by atoms with E-state index in [1.54, 1.807) is 12.1 Å². The van der Waals surface area contributed by atoms with Crippen LogP contribution in [-0.4, -0.2) is 71.1 Å². The number of anilines is 2. The Kier molecular flexibility index (Phi) is 4.98. The molecule has 4 atom stereocenters. The fourth-order valence-electron chi connectivity index (χ4n) is 3.06. The highest BCUT2D eigenvalue weighted by Gasteiger charge is 2.45. The van der Waals surface area contributed by atoms with Crippen molar-refractivity contribution < 1.29 is 25.2 Å². The first-order valence-electron chi connectivity index (χ1n) is 8.68. The van der Waals surface area contributed by atoms with Gasteiger partial charge in [-0.1, -0.05) is 0 Å². The minimum absolute atomic E-state index is 0.117. The third kappa shape index (κ3) is 3.45. The summed E-state index contributed by atoms with van der Waals surface area (Å²) in [5, 5.41) is 43.3. The number of aromatic hydroxyl groups is 1. The van der Waals surface area contributed by atoms with Crippen molar-refractivity contribution in [2.45, 2.75) is 24.5 Å². The lowest BCUT2D eigenvalue weighted by molar-refractivity contribution is -0.0501. The maximum atomic E-state index is 10.4. The number of nitrogen functional groups attached to an aromatic ring is 1. The molecule has 2 aromatic heterocycles. The zero-order valence-electron chi connectivity index (χ0n) is 15.0. The second kappa shape index (κ2) is 7.60. The summed E-state index contributed by atoms with van der Waals surface area (Å²) in [4.78, 5) is 12.4. The minimum atomic E-state index is -1.35. The Hall–Kier alpha value is -3.32. The molecule has 12 heteroatoms. The van der Waals surface area contributed by atoms with Crippen LogP contribution in [0.2, 0.25) is 0 Å². The van der Waals surface area contributed by atoms with Crippen LogP contribution in [-0.2, 0) is 4.74 Å². The standard InChI is InChI=1S/C17H19N7O5/c18-14-11-15(20-7-19-14)24(16-13(28)12(27)10(6-25)29-16)17(22-11)23-21-5-8-1-3-9(26)4-2-8/h1-5,7,10,12-13,16,25-28H,6H2,(H,22,23)(H2,18,19,20)/b21-5+/t10-,12-,13-,16-/m1/s1. The molecule has 3 heterocycles. The number of rotatable bonds is 5. The second-order valence-corrected chi connectivity index (χ2v) is 6.43. The van der Waals surface area contributed by atoms with Gasteiger partial charge >= 0.3 is 0 Å². The van der Waals surface area contributed by atoms with Gasteiger partial charge in [0.05, 0.1) is 12.8 Å². The number of hydrogen-bond acceptors (Lipinski definition) is 11. The number of benzene rings is 1. The fraction of sp³-hybridized carbons (Fsp3) is 0.294. The number of aliphatic hydroxyl groups excluding tert-OH is 3. The molecule has 1 aliphatic heterocycles. The predicted octanol–water partition coefficient (Wildman–Crippen LogP) is -0.828. The Morgan fingerprint density at radius 1 is 1.21 bits per heavy atom. The SMILES string of the molecule is Nc1ncnc2c1nc(N/N=C/c1ccc(O)cc1)n2[C@@H]1O[C@H](CO)[C@@H](O)[C@H]1O. The Balaban J connectivity index is 1.71. The number of fused-ring (bicyclic) bond motifs is 1. The third-order valence-electron chi connectivity index (χ3n) is 4.55. The van der Waals surface area contributed by atoms with Crippen molar-refractivity contribution in [1.29, 1.82) is 0 Å². The van der Waals surface area contributed by atoms with Gasteiger partial charge < -0.3 is 30.9 Å². The van der Waals surface area contributed by atoms with Crippen molar-refractivity contribution in [3.05, 3.63) is 36.2 Å². The van der Waals surface area contributed by atoms with Gasteiger partial charge in [-0.25, -0.2) is 20.4 Å². The van der Waals surface area contributed by atoms with Gasteiger partial charge in [0.15, 0.2) is 23.2 Å². The zero-order chi connectivity index (χ0) is 20.5. The third-order valence-corrected chi connectivity index (χ3v) is 4.55. The number of aromatic nitrogens is 4. The van der Waals surface area contributed by atoms with E-state index < -0.39 is 31.1 Å². The molecule has 0 aliphatic carbocycles. The molecule has 0 unspecified atom stereocenters. The van der Waals surface area contributed by atoms with Gasteiger partial charge in [0.1, 0.15) is 30.4 Å². The monoisotopic (exact) mass is 401 g/mol. The van der Waals surface area contributed by atoms with E-state index in [1.807, 2.05) is 0 Å². The average molecular weight is 401 g/mol. The average Bonchev–Trinajstić information content (AvgIpc) is 3.22. The summed E-state index contributed by atoms with van der Waals surface area (Å²) in [6.07, 6.45) is -1.97. The predicted molar refractivity (Wildman–Crippen MR) is 102 cm³/mol. The van der Waals surface area contributed by atoms with Crippen LogP contribution < -0.4 is 11.2 Å². The number of nitrogens with zero attached hydrogens (tertiary/aromatic N) is 5. The largest absolute Gasteiger partial charge is 0.508 e. The molecule has 0 radical (unpaired) electrons. The number of nitrogens with two attached hydrogens (primary N) is 1. The molecule has 1 aromatic carbocycles. The second-order valence-electron chi connectivity index (χ2n) is 6.43. The van der Waals surface area contributed by atoms with Crippen LogP contribution in [0.5, 0.6) is 5.75 Å². The van der Waals surface area contributed by atoms with E-state index in [-0.39, 0.29) is 28.7 Å². The van der Waals surface area contributed by atoms with Gasteiger partial charge in [-0.15, -0.1) is 0 Å². The first kappa shape index (κ1) is 19.0. The number of aliphatic hydroxyl groups is 3. The Morgan fingerprint density at radius 2 is 1.97 bits per heavy atom. The van der Waals surface area contributed by atoms with Crippen molar-refractivity contribution in [3.63, 3.8) is 0 Å². The highest BCUT2D eigenvalue weighted by atomic mass is 16.6. The Bertz CT molecular complexity index is 1040. The van der Waals surface area contributed by atoms with Crippen LogP contribution in [0.15, 0.2) is 35.7 Å². The number of phenols is 1. The van der Waals surface area contributed by atoms with Crippen LogP contribution >= 0.6 is 0 Å². The fourth-order valence-corrected chi connectivity index (χ4v) is 3.06. The summed E-state index contributed by atoms with van der Waals surface area (Å²) < 4.78 is 6.99. The summed E-state index contributed by atoms with van der Waals surface area (Å²) in [5.41, 5.74) is 9.84. The van der Waals surface area contributed by atoms with E-state index in [9.17, 15) is 20.4 Å². The molecule has 1 saturated heterocycles. The van der Waals surface area contributed by atoms with Gasteiger partial charge in [-0.3, -0.25) is 4.57 Å². The highest BCUT2D eigenvalue weighted by Crippen LogP contribution is 2.35. The van der Waals surface area contributed by atoms with Crippen molar-refractivity contribution in [2.75, 3.05) is 17.8 Å². The molecule has 0 amide bonds. The van der Waals surface area contributed by atoms with Crippen molar-refractivity contribution in [3.8, 4) is 5.75 Å². The van der Waals surface area contributed by atoms with E-state index in [0.29, 0.717) is 5.56 Å². The van der Waals surface area contributed by atoms with Crippen molar-refractivity contribution >= 4 is 29.1 Å². The minimum Gasteiger partial charge on any atom is -0.508 e. The molecular formula is C17H19N7O5. The Labute approximate surface area is 163 Å². The normalized spacial score (nSPS) is 24.5. The molecular weight excluding hydrogens is 382 g/mol. The molecule has 1 fully saturated rings. The van der Waals surface area contributed by atoms with Crippen LogP contribution in [0.4, 0.5) is 11.8 Å². The molecule has 12 nitrogen and oxygen atoms in total. The van der Waals surface area contributed by atoms with Crippen LogP contribution in [0.1, 0.15) is 11.8 Å². The van der Waals surface area contributed by atoms with Crippen molar-refractivity contribution in [1.82, 2.24) is 19.5 Å². The maximum Gasteiger partial charge on any atom is 0.228 e. The first-order valence-corrected chi connectivity index (χ1v) is 8.68. The quantitative estimate of drug-likeness (QED) is 0.233. The molecule has 0 spiro atoms. The van der Waals surface area contributed by atoms with Gasteiger partial charge in [0.2, 0.25) is 5.95 Å². The lowest BCUT2D eigenvalue weighted by Crippen LogP contribution is -2.33. The van der Waals surface area contributed by atoms with E-state index in [1.165, 1.54) is 29.2 Å². The first-order chi connectivity index (χ1) is 14.0. The van der Waals surface area contributed by atoms with E-state index in [0.717, 1.165) is 0 Å². The number of imidazole rings is 1. The number of phenolic OH excluding ortho intramolecular Hbond substituents is 1. The van der Waals surface area contributed by atoms with Crippen LogP contribution in [0.25, 0.3) is 11.2 Å². The highest BCUT2D eigenvalue weighted by molar-refractivity contribution is 5.84. The molecule has 7 N–H and O–H groups in total. The summed E-state index contributed by atoms with van der Waals surface area (Å²) in [7, 11) is 0. The van der Waals surface area contributed by atoms with Crippen molar-refractivity contribution in [2.24, 2.45) is 5.10 Å². The molecule has 1 aliphatic rings.